The monoisotopic (exact) mass is 419 g/mol. The van der Waals surface area contributed by atoms with E-state index in [1.165, 1.54) is 16.7 Å². The average molecular weight is 420 g/mol. The van der Waals surface area contributed by atoms with Crippen molar-refractivity contribution in [2.45, 2.75) is 0 Å². The fourth-order valence-electron chi connectivity index (χ4n) is 3.55. The van der Waals surface area contributed by atoms with Crippen LogP contribution in [-0.2, 0) is 0 Å². The number of nitrogens with zero attached hydrogens (tertiary/aromatic N) is 3. The molecule has 2 aromatic heterocycles. The zero-order chi connectivity index (χ0) is 21.0. The second kappa shape index (κ2) is 8.50. The van der Waals surface area contributed by atoms with Gasteiger partial charge in [0.1, 0.15) is 0 Å². The van der Waals surface area contributed by atoms with Crippen molar-refractivity contribution in [1.82, 2.24) is 15.0 Å². The molecule has 3 nitrogen and oxygen atoms in total. The predicted molar refractivity (Wildman–Crippen MR) is 127 cm³/mol. The molecular formula is C27H18ClN3. The molecule has 0 aliphatic carbocycles. The largest absolute Gasteiger partial charge is 0.264 e. The molecule has 0 saturated heterocycles. The zero-order valence-electron chi connectivity index (χ0n) is 16.6. The maximum Gasteiger partial charge on any atom is 0.223 e. The summed E-state index contributed by atoms with van der Waals surface area (Å²) in [6.07, 6.45) is 3.50. The molecule has 148 valence electrons. The van der Waals surface area contributed by atoms with Gasteiger partial charge in [0.15, 0.2) is 0 Å². The molecule has 0 N–H and O–H groups in total. The lowest BCUT2D eigenvalue weighted by molar-refractivity contribution is 1.17. The Morgan fingerprint density at radius 3 is 1.52 bits per heavy atom. The normalized spacial score (nSPS) is 10.7. The van der Waals surface area contributed by atoms with Gasteiger partial charge in [-0.05, 0) is 52.1 Å². The summed E-state index contributed by atoms with van der Waals surface area (Å²) in [5, 5.41) is 0.219. The van der Waals surface area contributed by atoms with Crippen LogP contribution in [0.1, 0.15) is 0 Å². The third-order valence-corrected chi connectivity index (χ3v) is 5.33. The Hall–Kier alpha value is -3.82. The molecule has 0 bridgehead atoms. The van der Waals surface area contributed by atoms with Crippen LogP contribution in [0.4, 0.5) is 0 Å². The summed E-state index contributed by atoms with van der Waals surface area (Å²) in [5.74, 6) is 0. The maximum atomic E-state index is 6.20. The van der Waals surface area contributed by atoms with Crippen molar-refractivity contribution in [3.8, 4) is 44.8 Å². The number of hydrogen-bond donors (Lipinski definition) is 0. The summed E-state index contributed by atoms with van der Waals surface area (Å²) in [5.41, 5.74) is 8.17. The number of rotatable bonds is 4. The topological polar surface area (TPSA) is 38.7 Å². The highest BCUT2D eigenvalue weighted by molar-refractivity contribution is 6.28. The molecule has 31 heavy (non-hydrogen) atoms. The van der Waals surface area contributed by atoms with Gasteiger partial charge in [-0.25, -0.2) is 9.97 Å². The second-order valence-electron chi connectivity index (χ2n) is 7.17. The summed E-state index contributed by atoms with van der Waals surface area (Å²) >= 11 is 6.20. The number of pyridine rings is 1. The van der Waals surface area contributed by atoms with Crippen molar-refractivity contribution in [3.63, 3.8) is 0 Å². The molecule has 5 aromatic rings. The van der Waals surface area contributed by atoms with E-state index < -0.39 is 0 Å². The number of aromatic nitrogens is 3. The predicted octanol–water partition coefficient (Wildman–Crippen LogP) is 7.19. The lowest BCUT2D eigenvalue weighted by Gasteiger charge is -2.08. The molecule has 0 aliphatic heterocycles. The fourth-order valence-corrected chi connectivity index (χ4v) is 3.73. The first-order valence-corrected chi connectivity index (χ1v) is 10.4. The van der Waals surface area contributed by atoms with E-state index in [1.54, 1.807) is 12.4 Å². The van der Waals surface area contributed by atoms with Crippen LogP contribution in [0.5, 0.6) is 0 Å². The van der Waals surface area contributed by atoms with Gasteiger partial charge in [-0.2, -0.15) is 0 Å². The van der Waals surface area contributed by atoms with E-state index >= 15 is 0 Å². The fraction of sp³-hybridized carbons (Fsp3) is 0. The highest BCUT2D eigenvalue weighted by atomic mass is 35.5. The van der Waals surface area contributed by atoms with E-state index in [9.17, 15) is 0 Å². The van der Waals surface area contributed by atoms with E-state index in [2.05, 4.69) is 87.7 Å². The van der Waals surface area contributed by atoms with Gasteiger partial charge in [0.25, 0.3) is 0 Å². The van der Waals surface area contributed by atoms with Crippen LogP contribution in [0, 0.1) is 0 Å². The van der Waals surface area contributed by atoms with Gasteiger partial charge < -0.3 is 0 Å². The number of halogens is 1. The van der Waals surface area contributed by atoms with E-state index in [0.29, 0.717) is 0 Å². The van der Waals surface area contributed by atoms with Gasteiger partial charge in [-0.15, -0.1) is 0 Å². The molecule has 2 heterocycles. The second-order valence-corrected chi connectivity index (χ2v) is 7.51. The van der Waals surface area contributed by atoms with Crippen LogP contribution in [-0.4, -0.2) is 15.0 Å². The van der Waals surface area contributed by atoms with Crippen LogP contribution < -0.4 is 0 Å². The summed E-state index contributed by atoms with van der Waals surface area (Å²) in [6, 6.07) is 33.1. The SMILES string of the molecule is Clc1nc(-c2ccc(-c3ccc(-c4ccccc4)cc3)cc2)cc(-c2cccnc2)n1. The van der Waals surface area contributed by atoms with Gasteiger partial charge in [0, 0.05) is 23.5 Å². The van der Waals surface area contributed by atoms with Crippen molar-refractivity contribution in [2.75, 3.05) is 0 Å². The van der Waals surface area contributed by atoms with Gasteiger partial charge in [-0.1, -0.05) is 78.9 Å². The maximum absolute atomic E-state index is 6.20. The molecule has 0 radical (unpaired) electrons. The van der Waals surface area contributed by atoms with E-state index in [1.807, 2.05) is 24.3 Å². The average Bonchev–Trinajstić information content (AvgIpc) is 2.85. The highest BCUT2D eigenvalue weighted by Gasteiger charge is 2.08. The molecule has 5 rings (SSSR count). The molecule has 0 fully saturated rings. The first-order chi connectivity index (χ1) is 15.3. The van der Waals surface area contributed by atoms with Crippen molar-refractivity contribution >= 4 is 11.6 Å². The molecule has 0 aliphatic rings. The number of benzene rings is 3. The van der Waals surface area contributed by atoms with Crippen molar-refractivity contribution < 1.29 is 0 Å². The minimum absolute atomic E-state index is 0.219. The van der Waals surface area contributed by atoms with Gasteiger partial charge in [-0.3, -0.25) is 4.98 Å². The minimum atomic E-state index is 0.219. The molecule has 0 spiro atoms. The van der Waals surface area contributed by atoms with Crippen LogP contribution in [0.15, 0.2) is 109 Å². The molecule has 0 saturated carbocycles. The van der Waals surface area contributed by atoms with Gasteiger partial charge in [0.2, 0.25) is 5.28 Å². The Morgan fingerprint density at radius 1 is 0.484 bits per heavy atom. The quantitative estimate of drug-likeness (QED) is 0.289. The van der Waals surface area contributed by atoms with Crippen LogP contribution >= 0.6 is 11.6 Å². The molecule has 0 unspecified atom stereocenters. The zero-order valence-corrected chi connectivity index (χ0v) is 17.4. The third-order valence-electron chi connectivity index (χ3n) is 5.16. The molecule has 0 amide bonds. The van der Waals surface area contributed by atoms with Crippen molar-refractivity contribution in [3.05, 3.63) is 115 Å². The molecule has 4 heteroatoms. The first-order valence-electron chi connectivity index (χ1n) is 9.97. The smallest absolute Gasteiger partial charge is 0.223 e. The third kappa shape index (κ3) is 4.23. The number of hydrogen-bond acceptors (Lipinski definition) is 3. The van der Waals surface area contributed by atoms with Crippen LogP contribution in [0.25, 0.3) is 44.8 Å². The Morgan fingerprint density at radius 2 is 0.968 bits per heavy atom. The minimum Gasteiger partial charge on any atom is -0.264 e. The summed E-state index contributed by atoms with van der Waals surface area (Å²) in [6.45, 7) is 0. The van der Waals surface area contributed by atoms with Gasteiger partial charge in [0.05, 0.1) is 11.4 Å². The summed E-state index contributed by atoms with van der Waals surface area (Å²) < 4.78 is 0. The molecular weight excluding hydrogens is 402 g/mol. The first kappa shape index (κ1) is 19.2. The van der Waals surface area contributed by atoms with Crippen molar-refractivity contribution in [2.24, 2.45) is 0 Å². The summed E-state index contributed by atoms with van der Waals surface area (Å²) in [7, 11) is 0. The Bertz CT molecular complexity index is 1300. The van der Waals surface area contributed by atoms with Crippen molar-refractivity contribution in [1.29, 1.82) is 0 Å². The van der Waals surface area contributed by atoms with Crippen LogP contribution in [0.3, 0.4) is 0 Å². The summed E-state index contributed by atoms with van der Waals surface area (Å²) in [4.78, 5) is 12.9. The lowest BCUT2D eigenvalue weighted by atomic mass is 9.99. The van der Waals surface area contributed by atoms with Crippen LogP contribution in [0.2, 0.25) is 5.28 Å². The highest BCUT2D eigenvalue weighted by Crippen LogP contribution is 2.29. The van der Waals surface area contributed by atoms with E-state index in [4.69, 9.17) is 11.6 Å². The molecule has 3 aromatic carbocycles. The molecule has 0 atom stereocenters. The Balaban J connectivity index is 1.42. The lowest BCUT2D eigenvalue weighted by Crippen LogP contribution is -1.92. The van der Waals surface area contributed by atoms with E-state index in [-0.39, 0.29) is 5.28 Å². The van der Waals surface area contributed by atoms with Gasteiger partial charge >= 0.3 is 0 Å². The standard InChI is InChI=1S/C27H18ClN3/c28-27-30-25(17-26(31-27)24-7-4-16-29-18-24)23-14-12-22(13-15-23)21-10-8-20(9-11-21)19-5-2-1-3-6-19/h1-18H. The Labute approximate surface area is 186 Å². The Kier molecular flexibility index (Phi) is 5.26. The van der Waals surface area contributed by atoms with E-state index in [0.717, 1.165) is 28.1 Å².